The molecule has 1 aromatic carbocycles. The van der Waals surface area contributed by atoms with Crippen LogP contribution in [-0.2, 0) is 4.74 Å². The Morgan fingerprint density at radius 3 is 2.57 bits per heavy atom. The molecule has 0 spiro atoms. The summed E-state index contributed by atoms with van der Waals surface area (Å²) in [7, 11) is 0. The second-order valence-electron chi connectivity index (χ2n) is 2.44. The SMILES string of the molecule is CCOC(=O)c1c(Cl)ccc(Cl)c1Br. The summed E-state index contributed by atoms with van der Waals surface area (Å²) in [5, 5.41) is 0.747. The lowest BCUT2D eigenvalue weighted by molar-refractivity contribution is 0.0525. The number of esters is 1. The minimum absolute atomic E-state index is 0.265. The second-order valence-corrected chi connectivity index (χ2v) is 4.05. The van der Waals surface area contributed by atoms with Gasteiger partial charge in [0.2, 0.25) is 0 Å². The van der Waals surface area contributed by atoms with Crippen molar-refractivity contribution in [3.05, 3.63) is 32.2 Å². The van der Waals surface area contributed by atoms with Crippen LogP contribution in [0, 0.1) is 0 Å². The van der Waals surface area contributed by atoms with Crippen molar-refractivity contribution in [3.63, 3.8) is 0 Å². The zero-order chi connectivity index (χ0) is 10.7. The number of rotatable bonds is 2. The Labute approximate surface area is 100 Å². The van der Waals surface area contributed by atoms with Crippen LogP contribution in [0.5, 0.6) is 0 Å². The molecule has 0 N–H and O–H groups in total. The molecule has 0 aromatic heterocycles. The summed E-state index contributed by atoms with van der Waals surface area (Å²) in [4.78, 5) is 11.4. The lowest BCUT2D eigenvalue weighted by Gasteiger charge is -2.07. The van der Waals surface area contributed by atoms with Crippen molar-refractivity contribution < 1.29 is 9.53 Å². The Morgan fingerprint density at radius 1 is 1.43 bits per heavy atom. The van der Waals surface area contributed by atoms with Crippen LogP contribution in [0.25, 0.3) is 0 Å². The van der Waals surface area contributed by atoms with Gasteiger partial charge >= 0.3 is 5.97 Å². The van der Waals surface area contributed by atoms with Crippen LogP contribution in [0.3, 0.4) is 0 Å². The fraction of sp³-hybridized carbons (Fsp3) is 0.222. The summed E-state index contributed by atoms with van der Waals surface area (Å²) in [6.45, 7) is 2.03. The first-order chi connectivity index (χ1) is 6.57. The van der Waals surface area contributed by atoms with Crippen molar-refractivity contribution in [3.8, 4) is 0 Å². The highest BCUT2D eigenvalue weighted by molar-refractivity contribution is 9.10. The summed E-state index contributed by atoms with van der Waals surface area (Å²) < 4.78 is 5.30. The smallest absolute Gasteiger partial charge is 0.340 e. The monoisotopic (exact) mass is 296 g/mol. The van der Waals surface area contributed by atoms with Crippen LogP contribution in [0.1, 0.15) is 17.3 Å². The number of carbonyl (C=O) groups is 1. The van der Waals surface area contributed by atoms with E-state index in [0.29, 0.717) is 21.1 Å². The minimum Gasteiger partial charge on any atom is -0.462 e. The summed E-state index contributed by atoms with van der Waals surface area (Å²) >= 11 is 14.8. The highest BCUT2D eigenvalue weighted by atomic mass is 79.9. The zero-order valence-electron chi connectivity index (χ0n) is 7.31. The standard InChI is InChI=1S/C9H7BrCl2O2/c1-2-14-9(13)7-5(11)3-4-6(12)8(7)10/h3-4H,2H2,1H3. The number of halogens is 3. The van der Waals surface area contributed by atoms with E-state index in [0.717, 1.165) is 0 Å². The summed E-state index contributed by atoms with van der Waals surface area (Å²) in [5.74, 6) is -0.480. The molecule has 0 unspecified atom stereocenters. The quantitative estimate of drug-likeness (QED) is 0.611. The highest BCUT2D eigenvalue weighted by Gasteiger charge is 2.17. The van der Waals surface area contributed by atoms with E-state index in [1.807, 2.05) is 0 Å². The van der Waals surface area contributed by atoms with Gasteiger partial charge in [0.1, 0.15) is 0 Å². The molecule has 1 rings (SSSR count). The molecule has 14 heavy (non-hydrogen) atoms. The van der Waals surface area contributed by atoms with Gasteiger partial charge in [-0.25, -0.2) is 4.79 Å². The molecule has 0 atom stereocenters. The second kappa shape index (κ2) is 5.01. The third-order valence-corrected chi connectivity index (χ3v) is 3.21. The molecule has 2 nitrogen and oxygen atoms in total. The normalized spacial score (nSPS) is 10.0. The summed E-state index contributed by atoms with van der Waals surface area (Å²) in [5.41, 5.74) is 0.265. The molecule has 1 aromatic rings. The van der Waals surface area contributed by atoms with Gasteiger partial charge in [0.15, 0.2) is 0 Å². The van der Waals surface area contributed by atoms with Gasteiger partial charge in [-0.2, -0.15) is 0 Å². The van der Waals surface area contributed by atoms with Crippen LogP contribution >= 0.6 is 39.1 Å². The van der Waals surface area contributed by atoms with E-state index in [1.165, 1.54) is 0 Å². The lowest BCUT2D eigenvalue weighted by Crippen LogP contribution is -2.06. The van der Waals surface area contributed by atoms with Gasteiger partial charge < -0.3 is 4.74 Å². The van der Waals surface area contributed by atoms with E-state index in [4.69, 9.17) is 27.9 Å². The molecule has 0 bridgehead atoms. The maximum atomic E-state index is 11.4. The molecule has 0 heterocycles. The summed E-state index contributed by atoms with van der Waals surface area (Å²) in [6, 6.07) is 3.16. The van der Waals surface area contributed by atoms with Crippen molar-refractivity contribution in [1.29, 1.82) is 0 Å². The maximum Gasteiger partial charge on any atom is 0.340 e. The molecule has 0 aliphatic heterocycles. The van der Waals surface area contributed by atoms with E-state index in [2.05, 4.69) is 15.9 Å². The van der Waals surface area contributed by atoms with Gasteiger partial charge in [-0.15, -0.1) is 0 Å². The Bertz CT molecular complexity index is 366. The molecule has 0 fully saturated rings. The van der Waals surface area contributed by atoms with Crippen molar-refractivity contribution in [1.82, 2.24) is 0 Å². The van der Waals surface area contributed by atoms with E-state index >= 15 is 0 Å². The molecule has 0 radical (unpaired) electrons. The van der Waals surface area contributed by atoms with E-state index in [1.54, 1.807) is 19.1 Å². The Morgan fingerprint density at radius 2 is 2.00 bits per heavy atom. The van der Waals surface area contributed by atoms with Gasteiger partial charge in [-0.05, 0) is 35.0 Å². The van der Waals surface area contributed by atoms with Crippen molar-refractivity contribution in [2.75, 3.05) is 6.61 Å². The maximum absolute atomic E-state index is 11.4. The number of ether oxygens (including phenoxy) is 1. The Kier molecular flexibility index (Phi) is 4.23. The van der Waals surface area contributed by atoms with E-state index in [-0.39, 0.29) is 5.56 Å². The topological polar surface area (TPSA) is 26.3 Å². The predicted octanol–water partition coefficient (Wildman–Crippen LogP) is 3.93. The van der Waals surface area contributed by atoms with Crippen LogP contribution in [0.2, 0.25) is 10.0 Å². The van der Waals surface area contributed by atoms with Gasteiger partial charge in [-0.3, -0.25) is 0 Å². The van der Waals surface area contributed by atoms with Gasteiger partial charge in [0.05, 0.1) is 26.7 Å². The van der Waals surface area contributed by atoms with Crippen molar-refractivity contribution in [2.45, 2.75) is 6.92 Å². The fourth-order valence-electron chi connectivity index (χ4n) is 0.917. The molecule has 5 heteroatoms. The molecule has 0 aliphatic carbocycles. The van der Waals surface area contributed by atoms with Crippen LogP contribution in [0.4, 0.5) is 0 Å². The molecule has 0 aliphatic rings. The largest absolute Gasteiger partial charge is 0.462 e. The van der Waals surface area contributed by atoms with Crippen LogP contribution < -0.4 is 0 Å². The molecule has 0 amide bonds. The molecular weight excluding hydrogens is 291 g/mol. The first-order valence-electron chi connectivity index (χ1n) is 3.88. The lowest BCUT2D eigenvalue weighted by atomic mass is 10.2. The minimum atomic E-state index is -0.480. The van der Waals surface area contributed by atoms with Crippen LogP contribution in [0.15, 0.2) is 16.6 Å². The fourth-order valence-corrected chi connectivity index (χ4v) is 1.93. The summed E-state index contributed by atoms with van der Waals surface area (Å²) in [6.07, 6.45) is 0. The molecule has 0 saturated heterocycles. The van der Waals surface area contributed by atoms with Crippen LogP contribution in [-0.4, -0.2) is 12.6 Å². The third kappa shape index (κ3) is 2.41. The first kappa shape index (κ1) is 11.8. The zero-order valence-corrected chi connectivity index (χ0v) is 10.4. The van der Waals surface area contributed by atoms with Gasteiger partial charge in [0.25, 0.3) is 0 Å². The van der Waals surface area contributed by atoms with Crippen molar-refractivity contribution in [2.24, 2.45) is 0 Å². The molecule has 76 valence electrons. The first-order valence-corrected chi connectivity index (χ1v) is 5.43. The average Bonchev–Trinajstić information content (AvgIpc) is 2.13. The number of carbonyl (C=O) groups excluding carboxylic acids is 1. The molecule has 0 saturated carbocycles. The molecular formula is C9H7BrCl2O2. The van der Waals surface area contributed by atoms with Gasteiger partial charge in [0, 0.05) is 0 Å². The van der Waals surface area contributed by atoms with Crippen molar-refractivity contribution >= 4 is 45.1 Å². The number of benzene rings is 1. The predicted molar refractivity (Wildman–Crippen MR) is 60.1 cm³/mol. The Hall–Kier alpha value is -0.250. The van der Waals surface area contributed by atoms with E-state index in [9.17, 15) is 4.79 Å². The third-order valence-electron chi connectivity index (χ3n) is 1.52. The van der Waals surface area contributed by atoms with E-state index < -0.39 is 5.97 Å². The number of hydrogen-bond donors (Lipinski definition) is 0. The van der Waals surface area contributed by atoms with Gasteiger partial charge in [-0.1, -0.05) is 23.2 Å². The highest BCUT2D eigenvalue weighted by Crippen LogP contribution is 2.32. The average molecular weight is 298 g/mol. The number of hydrogen-bond acceptors (Lipinski definition) is 2. The Balaban J connectivity index is 3.18.